The molecule has 0 saturated carbocycles. The average Bonchev–Trinajstić information content (AvgIpc) is 2.81. The van der Waals surface area contributed by atoms with Gasteiger partial charge in [0, 0.05) is 29.6 Å². The Labute approximate surface area is 111 Å². The van der Waals surface area contributed by atoms with E-state index < -0.39 is 11.7 Å². The predicted molar refractivity (Wildman–Crippen MR) is 68.7 cm³/mol. The van der Waals surface area contributed by atoms with Crippen molar-refractivity contribution < 1.29 is 13.2 Å². The van der Waals surface area contributed by atoms with Crippen LogP contribution in [0.3, 0.4) is 0 Å². The maximum atomic E-state index is 12.5. The summed E-state index contributed by atoms with van der Waals surface area (Å²) in [4.78, 5) is 9.69. The number of alkyl halides is 3. The molecule has 2 nitrogen and oxygen atoms in total. The topological polar surface area (TPSA) is 25.2 Å². The molecule has 2 heterocycles. The van der Waals surface area contributed by atoms with Crippen LogP contribution in [0.1, 0.15) is 16.1 Å². The summed E-state index contributed by atoms with van der Waals surface area (Å²) < 4.78 is 37.4. The molecule has 0 fully saturated rings. The van der Waals surface area contributed by atoms with Crippen LogP contribution in [0.15, 0.2) is 29.3 Å². The first-order valence-corrected chi connectivity index (χ1v) is 6.53. The summed E-state index contributed by atoms with van der Waals surface area (Å²) in [6.07, 6.45) is -1.72. The molecule has 0 radical (unpaired) electrons. The van der Waals surface area contributed by atoms with Crippen LogP contribution < -0.4 is 0 Å². The zero-order valence-electron chi connectivity index (χ0n) is 9.74. The van der Waals surface area contributed by atoms with Gasteiger partial charge in [-0.05, 0) is 12.1 Å². The molecule has 1 aliphatic rings. The maximum Gasteiger partial charge on any atom is 0.416 e. The highest BCUT2D eigenvalue weighted by molar-refractivity contribution is 7.15. The van der Waals surface area contributed by atoms with Crippen LogP contribution in [0.5, 0.6) is 0 Å². The Morgan fingerprint density at radius 1 is 1.11 bits per heavy atom. The number of fused-ring (bicyclic) bond motifs is 1. The van der Waals surface area contributed by atoms with E-state index in [-0.39, 0.29) is 0 Å². The predicted octanol–water partition coefficient (Wildman–Crippen LogP) is 3.80. The van der Waals surface area contributed by atoms with E-state index >= 15 is 0 Å². The smallest absolute Gasteiger partial charge is 0.291 e. The second-order valence-corrected chi connectivity index (χ2v) is 5.27. The zero-order chi connectivity index (χ0) is 13.5. The molecule has 3 rings (SSSR count). The number of aromatic nitrogens is 1. The lowest BCUT2D eigenvalue weighted by Gasteiger charge is -2.06. The van der Waals surface area contributed by atoms with Gasteiger partial charge in [0.1, 0.15) is 5.01 Å². The number of nitrogens with zero attached hydrogens (tertiary/aromatic N) is 2. The maximum absolute atomic E-state index is 12.5. The summed E-state index contributed by atoms with van der Waals surface area (Å²) in [6.45, 7) is 0.752. The van der Waals surface area contributed by atoms with Crippen molar-refractivity contribution in [3.63, 3.8) is 0 Å². The second kappa shape index (κ2) is 4.45. The zero-order valence-corrected chi connectivity index (χ0v) is 10.6. The fourth-order valence-corrected chi connectivity index (χ4v) is 2.91. The van der Waals surface area contributed by atoms with Crippen molar-refractivity contribution in [2.75, 3.05) is 6.54 Å². The summed E-state index contributed by atoms with van der Waals surface area (Å²) in [5.74, 6) is 0. The van der Waals surface area contributed by atoms with Crippen molar-refractivity contribution in [3.05, 3.63) is 40.4 Å². The van der Waals surface area contributed by atoms with Crippen molar-refractivity contribution in [1.29, 1.82) is 0 Å². The quantitative estimate of drug-likeness (QED) is 0.781. The van der Waals surface area contributed by atoms with Crippen LogP contribution in [0.4, 0.5) is 13.2 Å². The molecule has 0 amide bonds. The molecule has 98 valence electrons. The molecule has 0 aliphatic carbocycles. The van der Waals surface area contributed by atoms with Crippen LogP contribution in [0, 0.1) is 0 Å². The normalized spacial score (nSPS) is 14.5. The summed E-state index contributed by atoms with van der Waals surface area (Å²) in [5.41, 5.74) is 0.908. The van der Waals surface area contributed by atoms with Gasteiger partial charge in [-0.25, -0.2) is 4.98 Å². The van der Waals surface area contributed by atoms with Gasteiger partial charge in [-0.15, -0.1) is 11.3 Å². The molecule has 2 aromatic rings. The molecule has 0 spiro atoms. The van der Waals surface area contributed by atoms with E-state index in [1.54, 1.807) is 6.21 Å². The highest BCUT2D eigenvalue weighted by Gasteiger charge is 2.30. The van der Waals surface area contributed by atoms with Crippen LogP contribution >= 0.6 is 11.3 Å². The van der Waals surface area contributed by atoms with Crippen LogP contribution in [-0.4, -0.2) is 17.7 Å². The number of benzene rings is 1. The van der Waals surface area contributed by atoms with Crippen LogP contribution in [0.2, 0.25) is 0 Å². The lowest BCUT2D eigenvalue weighted by atomic mass is 10.1. The minimum absolute atomic E-state index is 0.640. The van der Waals surface area contributed by atoms with Gasteiger partial charge >= 0.3 is 6.18 Å². The largest absolute Gasteiger partial charge is 0.416 e. The number of hydrogen-bond acceptors (Lipinski definition) is 3. The standard InChI is InChI=1S/C13H9F3N2S/c14-13(15,16)9-3-1-8(2-4-9)12-18-10-7-17-6-5-11(10)19-12/h1-4,7H,5-6H2. The number of rotatable bonds is 1. The van der Waals surface area contributed by atoms with Crippen molar-refractivity contribution in [3.8, 4) is 10.6 Å². The molecule has 0 N–H and O–H groups in total. The summed E-state index contributed by atoms with van der Waals surface area (Å²) in [6, 6.07) is 5.10. The number of thiazole rings is 1. The minimum Gasteiger partial charge on any atom is -0.291 e. The highest BCUT2D eigenvalue weighted by Crippen LogP contribution is 2.33. The van der Waals surface area contributed by atoms with Crippen molar-refractivity contribution in [2.45, 2.75) is 12.6 Å². The molecule has 19 heavy (non-hydrogen) atoms. The third-order valence-corrected chi connectivity index (χ3v) is 4.05. The van der Waals surface area contributed by atoms with E-state index in [0.717, 1.165) is 40.7 Å². The fraction of sp³-hybridized carbons (Fsp3) is 0.231. The molecule has 1 aromatic carbocycles. The first-order valence-electron chi connectivity index (χ1n) is 5.71. The van der Waals surface area contributed by atoms with E-state index in [4.69, 9.17) is 0 Å². The number of halogens is 3. The number of aliphatic imine (C=N–C) groups is 1. The van der Waals surface area contributed by atoms with Gasteiger partial charge in [-0.1, -0.05) is 12.1 Å². The van der Waals surface area contributed by atoms with Gasteiger partial charge in [0.05, 0.1) is 11.3 Å². The summed E-state index contributed by atoms with van der Waals surface area (Å²) in [7, 11) is 0. The third-order valence-electron chi connectivity index (χ3n) is 2.87. The lowest BCUT2D eigenvalue weighted by Crippen LogP contribution is -2.03. The van der Waals surface area contributed by atoms with Crippen molar-refractivity contribution >= 4 is 17.6 Å². The Kier molecular flexibility index (Phi) is 2.89. The Morgan fingerprint density at radius 2 is 1.84 bits per heavy atom. The molecule has 0 bridgehead atoms. The summed E-state index contributed by atoms with van der Waals surface area (Å²) >= 11 is 1.52. The van der Waals surface area contributed by atoms with Gasteiger partial charge in [-0.2, -0.15) is 13.2 Å². The first kappa shape index (κ1) is 12.3. The molecule has 1 aliphatic heterocycles. The molecule has 1 aromatic heterocycles. The highest BCUT2D eigenvalue weighted by atomic mass is 32.1. The van der Waals surface area contributed by atoms with E-state index in [0.29, 0.717) is 5.56 Å². The second-order valence-electron chi connectivity index (χ2n) is 4.19. The van der Waals surface area contributed by atoms with Gasteiger partial charge < -0.3 is 0 Å². The Hall–Kier alpha value is -1.69. The van der Waals surface area contributed by atoms with Crippen molar-refractivity contribution in [2.24, 2.45) is 4.99 Å². The van der Waals surface area contributed by atoms with E-state index in [9.17, 15) is 13.2 Å². The average molecular weight is 282 g/mol. The molecular weight excluding hydrogens is 273 g/mol. The third kappa shape index (κ3) is 2.40. The Bertz CT molecular complexity index is 626. The van der Waals surface area contributed by atoms with Gasteiger partial charge in [0.15, 0.2) is 0 Å². The monoisotopic (exact) mass is 282 g/mol. The van der Waals surface area contributed by atoms with Crippen LogP contribution in [-0.2, 0) is 12.6 Å². The number of hydrogen-bond donors (Lipinski definition) is 0. The minimum atomic E-state index is -4.30. The van der Waals surface area contributed by atoms with Crippen molar-refractivity contribution in [1.82, 2.24) is 4.98 Å². The Morgan fingerprint density at radius 3 is 2.47 bits per heavy atom. The van der Waals surface area contributed by atoms with Crippen LogP contribution in [0.25, 0.3) is 10.6 Å². The Balaban J connectivity index is 1.94. The van der Waals surface area contributed by atoms with Gasteiger partial charge in [0.2, 0.25) is 0 Å². The van der Waals surface area contributed by atoms with E-state index in [1.165, 1.54) is 23.5 Å². The van der Waals surface area contributed by atoms with E-state index in [2.05, 4.69) is 9.98 Å². The summed E-state index contributed by atoms with van der Waals surface area (Å²) in [5, 5.41) is 0.743. The lowest BCUT2D eigenvalue weighted by molar-refractivity contribution is -0.137. The van der Waals surface area contributed by atoms with Gasteiger partial charge in [-0.3, -0.25) is 4.99 Å². The first-order chi connectivity index (χ1) is 9.04. The van der Waals surface area contributed by atoms with E-state index in [1.807, 2.05) is 0 Å². The van der Waals surface area contributed by atoms with Gasteiger partial charge in [0.25, 0.3) is 0 Å². The molecular formula is C13H9F3N2S. The SMILES string of the molecule is FC(F)(F)c1ccc(-c2nc3c(s2)CCN=C3)cc1. The molecule has 6 heteroatoms. The molecule has 0 unspecified atom stereocenters. The fourth-order valence-electron chi connectivity index (χ4n) is 1.89. The molecule has 0 atom stereocenters. The molecule has 0 saturated heterocycles.